The molecule has 0 N–H and O–H groups in total. The van der Waals surface area contributed by atoms with Crippen LogP contribution in [0.5, 0.6) is 0 Å². The molecule has 32 heavy (non-hydrogen) atoms. The minimum absolute atomic E-state index is 0.207. The molecule has 4 heterocycles. The first-order chi connectivity index (χ1) is 15.3. The fourth-order valence-corrected chi connectivity index (χ4v) is 14.7. The highest BCUT2D eigenvalue weighted by Gasteiger charge is 2.57. The van der Waals surface area contributed by atoms with E-state index in [0.717, 1.165) is 0 Å². The van der Waals surface area contributed by atoms with Crippen molar-refractivity contribution in [3.63, 3.8) is 0 Å². The fourth-order valence-electron chi connectivity index (χ4n) is 7.00. The maximum Gasteiger partial charge on any atom is 0.0194 e. The van der Waals surface area contributed by atoms with Gasteiger partial charge in [-0.3, -0.25) is 0 Å². The van der Waals surface area contributed by atoms with Crippen LogP contribution in [-0.4, -0.2) is 12.3 Å². The van der Waals surface area contributed by atoms with Crippen molar-refractivity contribution in [1.29, 1.82) is 0 Å². The SMILES string of the molecule is CC1=C(c2ccccc2)C2(C)CP1C(C1=C(C)C3(C)CP1C(C)=C3c1ccccc1)=C2C. The van der Waals surface area contributed by atoms with Gasteiger partial charge >= 0.3 is 0 Å². The van der Waals surface area contributed by atoms with E-state index in [9.17, 15) is 0 Å². The van der Waals surface area contributed by atoms with Gasteiger partial charge in [0.2, 0.25) is 0 Å². The van der Waals surface area contributed by atoms with E-state index in [1.807, 2.05) is 0 Å². The van der Waals surface area contributed by atoms with Crippen LogP contribution in [0.25, 0.3) is 11.1 Å². The van der Waals surface area contributed by atoms with E-state index in [4.69, 9.17) is 0 Å². The summed E-state index contributed by atoms with van der Waals surface area (Å²) in [4.78, 5) is 0. The fraction of sp³-hybridized carbons (Fsp3) is 0.333. The third kappa shape index (κ3) is 2.47. The summed E-state index contributed by atoms with van der Waals surface area (Å²) in [6.45, 7) is 14.9. The van der Waals surface area contributed by atoms with E-state index >= 15 is 0 Å². The van der Waals surface area contributed by atoms with Crippen molar-refractivity contribution in [2.75, 3.05) is 12.3 Å². The number of hydrogen-bond donors (Lipinski definition) is 0. The molecule has 2 aromatic carbocycles. The topological polar surface area (TPSA) is 0 Å². The maximum atomic E-state index is 2.53. The Morgan fingerprint density at radius 1 is 0.562 bits per heavy atom. The van der Waals surface area contributed by atoms with Gasteiger partial charge in [-0.1, -0.05) is 85.7 Å². The second kappa shape index (κ2) is 6.88. The Kier molecular flexibility index (Phi) is 4.48. The van der Waals surface area contributed by atoms with Gasteiger partial charge in [-0.2, -0.15) is 0 Å². The van der Waals surface area contributed by atoms with Crippen LogP contribution in [-0.2, 0) is 0 Å². The van der Waals surface area contributed by atoms with Crippen molar-refractivity contribution in [2.24, 2.45) is 10.8 Å². The zero-order chi connectivity index (χ0) is 22.4. The van der Waals surface area contributed by atoms with E-state index in [1.54, 1.807) is 43.5 Å². The van der Waals surface area contributed by atoms with Crippen LogP contribution >= 0.6 is 15.8 Å². The van der Waals surface area contributed by atoms with Crippen molar-refractivity contribution < 1.29 is 0 Å². The lowest BCUT2D eigenvalue weighted by atomic mass is 9.73. The largest absolute Gasteiger partial charge is 0.0622 e. The third-order valence-electron chi connectivity index (χ3n) is 8.84. The predicted molar refractivity (Wildman–Crippen MR) is 143 cm³/mol. The van der Waals surface area contributed by atoms with Gasteiger partial charge in [-0.15, -0.1) is 0 Å². The van der Waals surface area contributed by atoms with E-state index in [1.165, 1.54) is 23.5 Å². The van der Waals surface area contributed by atoms with Gasteiger partial charge in [0, 0.05) is 10.8 Å². The summed E-state index contributed by atoms with van der Waals surface area (Å²) in [5.41, 5.74) is 9.90. The summed E-state index contributed by atoms with van der Waals surface area (Å²) < 4.78 is 0. The molecule has 4 atom stereocenters. The third-order valence-corrected chi connectivity index (χ3v) is 15.2. The van der Waals surface area contributed by atoms with Gasteiger partial charge in [0.25, 0.3) is 0 Å². The standard InChI is InChI=1S/C30H32P2/c1-19-27(31-17-29(19,5)25(21(31)3)23-13-9-7-10-14-23)28-20(2)30(6)18-32(28)22(4)26(30)24-15-11-8-12-16-24/h7-16H,17-18H2,1-6H3. The first-order valence-electron chi connectivity index (χ1n) is 11.8. The number of fused-ring (bicyclic) bond motifs is 4. The van der Waals surface area contributed by atoms with E-state index in [0.29, 0.717) is 0 Å². The summed E-state index contributed by atoms with van der Waals surface area (Å²) in [6, 6.07) is 22.4. The Morgan fingerprint density at radius 2 is 0.906 bits per heavy atom. The summed E-state index contributed by atoms with van der Waals surface area (Å²) in [6.07, 6.45) is 2.65. The summed E-state index contributed by atoms with van der Waals surface area (Å²) in [7, 11) is -0.418. The molecule has 2 aromatic rings. The molecule has 0 saturated heterocycles. The molecule has 0 spiro atoms. The monoisotopic (exact) mass is 454 g/mol. The first-order valence-corrected chi connectivity index (χ1v) is 14.9. The zero-order valence-electron chi connectivity index (χ0n) is 20.1. The van der Waals surface area contributed by atoms with Crippen LogP contribution in [0.1, 0.15) is 52.7 Å². The summed E-state index contributed by atoms with van der Waals surface area (Å²) in [5.74, 6) is 0. The molecule has 0 nitrogen and oxygen atoms in total. The van der Waals surface area contributed by atoms with Gasteiger partial charge in [0.05, 0.1) is 0 Å². The molecule has 4 unspecified atom stereocenters. The maximum absolute atomic E-state index is 2.53. The molecule has 4 aliphatic rings. The second-order valence-corrected chi connectivity index (χ2v) is 15.0. The molecule has 0 fully saturated rings. The smallest absolute Gasteiger partial charge is 0.0194 e. The Labute approximate surface area is 195 Å². The average molecular weight is 455 g/mol. The normalized spacial score (nSPS) is 33.4. The molecule has 0 amide bonds. The number of benzene rings is 2. The molecule has 0 aliphatic carbocycles. The number of hydrogen-bond acceptors (Lipinski definition) is 0. The van der Waals surface area contributed by atoms with Crippen LogP contribution in [0.3, 0.4) is 0 Å². The predicted octanol–water partition coefficient (Wildman–Crippen LogP) is 9.43. The molecule has 6 rings (SSSR count). The minimum Gasteiger partial charge on any atom is -0.0622 e. The lowest BCUT2D eigenvalue weighted by molar-refractivity contribution is 0.621. The average Bonchev–Trinajstić information content (AvgIpc) is 3.40. The number of rotatable bonds is 3. The second-order valence-electron chi connectivity index (χ2n) is 10.4. The molecule has 4 aliphatic heterocycles. The molecule has 162 valence electrons. The van der Waals surface area contributed by atoms with Gasteiger partial charge in [-0.25, -0.2) is 0 Å². The minimum atomic E-state index is -0.209. The van der Waals surface area contributed by atoms with Crippen molar-refractivity contribution >= 4 is 27.0 Å². The van der Waals surface area contributed by atoms with Gasteiger partial charge in [0.15, 0.2) is 0 Å². The van der Waals surface area contributed by atoms with Crippen LogP contribution in [0.4, 0.5) is 0 Å². The van der Waals surface area contributed by atoms with Crippen molar-refractivity contribution in [3.8, 4) is 0 Å². The van der Waals surface area contributed by atoms with Gasteiger partial charge in [-0.05, 0) is 99.4 Å². The highest BCUT2D eigenvalue weighted by atomic mass is 31.1. The van der Waals surface area contributed by atoms with Crippen LogP contribution in [0, 0.1) is 10.8 Å². The van der Waals surface area contributed by atoms with Crippen molar-refractivity contribution in [2.45, 2.75) is 41.5 Å². The Bertz CT molecular complexity index is 1170. The molecule has 2 heteroatoms. The molecule has 0 aromatic heterocycles. The van der Waals surface area contributed by atoms with Crippen molar-refractivity contribution in [1.82, 2.24) is 0 Å². The molecule has 0 radical (unpaired) electrons. The summed E-state index contributed by atoms with van der Waals surface area (Å²) >= 11 is 0. The van der Waals surface area contributed by atoms with Crippen LogP contribution in [0.15, 0.2) is 93.1 Å². The van der Waals surface area contributed by atoms with Crippen LogP contribution < -0.4 is 0 Å². The summed E-state index contributed by atoms with van der Waals surface area (Å²) in [5, 5.41) is 6.95. The molecular weight excluding hydrogens is 422 g/mol. The lowest BCUT2D eigenvalue weighted by Crippen LogP contribution is -2.20. The van der Waals surface area contributed by atoms with Gasteiger partial charge in [0.1, 0.15) is 0 Å². The zero-order valence-corrected chi connectivity index (χ0v) is 21.9. The highest BCUT2D eigenvalue weighted by molar-refractivity contribution is 7.73. The van der Waals surface area contributed by atoms with Crippen LogP contribution in [0.2, 0.25) is 0 Å². The Morgan fingerprint density at radius 3 is 1.25 bits per heavy atom. The van der Waals surface area contributed by atoms with E-state index < -0.39 is 0 Å². The van der Waals surface area contributed by atoms with E-state index in [-0.39, 0.29) is 26.7 Å². The lowest BCUT2D eigenvalue weighted by Gasteiger charge is -2.34. The van der Waals surface area contributed by atoms with E-state index in [2.05, 4.69) is 102 Å². The highest BCUT2D eigenvalue weighted by Crippen LogP contribution is 2.84. The van der Waals surface area contributed by atoms with Gasteiger partial charge < -0.3 is 0 Å². The van der Waals surface area contributed by atoms with Crippen molar-refractivity contribution in [3.05, 3.63) is 104 Å². The quantitative estimate of drug-likeness (QED) is 0.405. The number of allylic oxidation sites excluding steroid dienone is 8. The Hall–Kier alpha value is -1.74. The first kappa shape index (κ1) is 20.8. The molecule has 4 bridgehead atoms. The molecule has 0 saturated carbocycles. The molecular formula is C30H32P2. The Balaban J connectivity index is 1.47.